The van der Waals surface area contributed by atoms with Crippen molar-refractivity contribution in [2.24, 2.45) is 5.73 Å². The van der Waals surface area contributed by atoms with Crippen molar-refractivity contribution in [3.63, 3.8) is 0 Å². The van der Waals surface area contributed by atoms with E-state index in [2.05, 4.69) is 10.3 Å². The van der Waals surface area contributed by atoms with Gasteiger partial charge in [-0.1, -0.05) is 34.8 Å². The highest BCUT2D eigenvalue weighted by Crippen LogP contribution is 2.32. The van der Waals surface area contributed by atoms with Gasteiger partial charge in [-0.05, 0) is 24.3 Å². The Kier molecular flexibility index (Phi) is 4.83. The summed E-state index contributed by atoms with van der Waals surface area (Å²) in [6.45, 7) is 0.259. The molecule has 2 aromatic rings. The Hall–Kier alpha value is -1.33. The van der Waals surface area contributed by atoms with Crippen LogP contribution >= 0.6 is 34.8 Å². The summed E-state index contributed by atoms with van der Waals surface area (Å²) in [4.78, 5) is 16.1. The molecule has 7 heteroatoms. The number of aromatic nitrogens is 1. The third-order valence-corrected chi connectivity index (χ3v) is 3.58. The molecule has 3 N–H and O–H groups in total. The Bertz CT molecular complexity index is 661. The summed E-state index contributed by atoms with van der Waals surface area (Å²) in [5, 5.41) is 3.60. The number of anilines is 1. The standard InChI is InChI=1S/C13H10Cl3N3O/c14-9-4-11(16)12(5-10(9)15)19-13(20)7-1-2-18-8(3-7)6-17/h1-5H,6,17H2,(H,19,20). The SMILES string of the molecule is NCc1cc(C(=O)Nc2cc(Cl)c(Cl)cc2Cl)ccn1. The molecule has 20 heavy (non-hydrogen) atoms. The molecule has 4 nitrogen and oxygen atoms in total. The van der Waals surface area contributed by atoms with Crippen LogP contribution in [0.4, 0.5) is 5.69 Å². The quantitative estimate of drug-likeness (QED) is 0.842. The predicted octanol–water partition coefficient (Wildman–Crippen LogP) is 3.75. The van der Waals surface area contributed by atoms with E-state index in [0.29, 0.717) is 32.0 Å². The van der Waals surface area contributed by atoms with Gasteiger partial charge < -0.3 is 11.1 Å². The highest BCUT2D eigenvalue weighted by atomic mass is 35.5. The molecule has 0 saturated heterocycles. The third-order valence-electron chi connectivity index (χ3n) is 2.55. The highest BCUT2D eigenvalue weighted by molar-refractivity contribution is 6.44. The van der Waals surface area contributed by atoms with Crippen LogP contribution in [0.2, 0.25) is 15.1 Å². The molecule has 0 aliphatic rings. The number of hydrogen-bond acceptors (Lipinski definition) is 3. The molecule has 0 unspecified atom stereocenters. The van der Waals surface area contributed by atoms with E-state index in [-0.39, 0.29) is 12.5 Å². The number of amides is 1. The van der Waals surface area contributed by atoms with E-state index in [1.54, 1.807) is 12.1 Å². The fourth-order valence-corrected chi connectivity index (χ4v) is 2.14. The number of halogens is 3. The highest BCUT2D eigenvalue weighted by Gasteiger charge is 2.11. The number of hydrogen-bond donors (Lipinski definition) is 2. The van der Waals surface area contributed by atoms with Crippen molar-refractivity contribution in [1.82, 2.24) is 4.98 Å². The number of nitrogens with two attached hydrogens (primary N) is 1. The minimum atomic E-state index is -0.331. The van der Waals surface area contributed by atoms with Gasteiger partial charge in [-0.25, -0.2) is 0 Å². The maximum atomic E-state index is 12.1. The third kappa shape index (κ3) is 3.41. The van der Waals surface area contributed by atoms with Gasteiger partial charge in [-0.2, -0.15) is 0 Å². The van der Waals surface area contributed by atoms with Gasteiger partial charge >= 0.3 is 0 Å². The Morgan fingerprint density at radius 3 is 2.55 bits per heavy atom. The molecule has 1 aromatic carbocycles. The van der Waals surface area contributed by atoms with Gasteiger partial charge in [0.25, 0.3) is 5.91 Å². The van der Waals surface area contributed by atoms with E-state index in [4.69, 9.17) is 40.5 Å². The number of rotatable bonds is 3. The van der Waals surface area contributed by atoms with E-state index in [1.165, 1.54) is 18.3 Å². The molecule has 1 heterocycles. The lowest BCUT2D eigenvalue weighted by molar-refractivity contribution is 0.102. The van der Waals surface area contributed by atoms with Crippen molar-refractivity contribution in [1.29, 1.82) is 0 Å². The van der Waals surface area contributed by atoms with E-state index >= 15 is 0 Å². The first kappa shape index (κ1) is 15.1. The topological polar surface area (TPSA) is 68.0 Å². The van der Waals surface area contributed by atoms with Crippen molar-refractivity contribution in [2.75, 3.05) is 5.32 Å². The van der Waals surface area contributed by atoms with Crippen LogP contribution in [0.25, 0.3) is 0 Å². The molecular formula is C13H10Cl3N3O. The van der Waals surface area contributed by atoms with Crippen LogP contribution in [0.3, 0.4) is 0 Å². The van der Waals surface area contributed by atoms with Crippen molar-refractivity contribution < 1.29 is 4.79 Å². The summed E-state index contributed by atoms with van der Waals surface area (Å²) in [5.74, 6) is -0.331. The minimum absolute atomic E-state index is 0.259. The Balaban J connectivity index is 2.25. The Morgan fingerprint density at radius 2 is 1.85 bits per heavy atom. The van der Waals surface area contributed by atoms with Crippen molar-refractivity contribution in [3.8, 4) is 0 Å². The lowest BCUT2D eigenvalue weighted by Crippen LogP contribution is -2.13. The van der Waals surface area contributed by atoms with Crippen molar-refractivity contribution in [2.45, 2.75) is 6.54 Å². The molecule has 2 rings (SSSR count). The Labute approximate surface area is 130 Å². The largest absolute Gasteiger partial charge is 0.325 e. The van der Waals surface area contributed by atoms with E-state index in [9.17, 15) is 4.79 Å². The van der Waals surface area contributed by atoms with Crippen molar-refractivity contribution >= 4 is 46.4 Å². The monoisotopic (exact) mass is 329 g/mol. The summed E-state index contributed by atoms with van der Waals surface area (Å²) < 4.78 is 0. The van der Waals surface area contributed by atoms with Gasteiger partial charge in [-0.15, -0.1) is 0 Å². The van der Waals surface area contributed by atoms with Crippen LogP contribution in [0, 0.1) is 0 Å². The molecule has 0 saturated carbocycles. The zero-order valence-electron chi connectivity index (χ0n) is 10.2. The van der Waals surface area contributed by atoms with Crippen LogP contribution in [0.5, 0.6) is 0 Å². The number of carbonyl (C=O) groups is 1. The first-order valence-corrected chi connectivity index (χ1v) is 6.75. The molecule has 1 amide bonds. The molecule has 0 aliphatic heterocycles. The number of nitrogens with one attached hydrogen (secondary N) is 1. The van der Waals surface area contributed by atoms with Gasteiger partial charge in [0.05, 0.1) is 26.4 Å². The summed E-state index contributed by atoms with van der Waals surface area (Å²) in [7, 11) is 0. The lowest BCUT2D eigenvalue weighted by atomic mass is 10.2. The zero-order chi connectivity index (χ0) is 14.7. The second kappa shape index (κ2) is 6.41. The summed E-state index contributed by atoms with van der Waals surface area (Å²) in [5.41, 5.74) is 6.93. The Morgan fingerprint density at radius 1 is 1.15 bits per heavy atom. The normalized spacial score (nSPS) is 10.4. The predicted molar refractivity (Wildman–Crippen MR) is 81.6 cm³/mol. The first-order chi connectivity index (χ1) is 9.51. The van der Waals surface area contributed by atoms with Gasteiger partial charge in [0, 0.05) is 18.3 Å². The molecular weight excluding hydrogens is 321 g/mol. The average Bonchev–Trinajstić information content (AvgIpc) is 2.44. The number of nitrogens with zero attached hydrogens (tertiary/aromatic N) is 1. The van der Waals surface area contributed by atoms with Crippen LogP contribution in [0.1, 0.15) is 16.1 Å². The van der Waals surface area contributed by atoms with Crippen LogP contribution in [-0.4, -0.2) is 10.9 Å². The molecule has 1 aromatic heterocycles. The molecule has 104 valence electrons. The molecule has 0 aliphatic carbocycles. The number of pyridine rings is 1. The number of carbonyl (C=O) groups excluding carboxylic acids is 1. The van der Waals surface area contributed by atoms with Crippen LogP contribution in [-0.2, 0) is 6.54 Å². The molecule has 0 spiro atoms. The van der Waals surface area contributed by atoms with Gasteiger partial charge in [0.15, 0.2) is 0 Å². The van der Waals surface area contributed by atoms with Crippen LogP contribution in [0.15, 0.2) is 30.5 Å². The van der Waals surface area contributed by atoms with Gasteiger partial charge in [0.2, 0.25) is 0 Å². The first-order valence-electron chi connectivity index (χ1n) is 5.62. The second-order valence-electron chi connectivity index (χ2n) is 3.94. The van der Waals surface area contributed by atoms with E-state index in [0.717, 1.165) is 0 Å². The fraction of sp³-hybridized carbons (Fsp3) is 0.0769. The maximum absolute atomic E-state index is 12.1. The van der Waals surface area contributed by atoms with E-state index < -0.39 is 0 Å². The second-order valence-corrected chi connectivity index (χ2v) is 5.16. The molecule has 0 bridgehead atoms. The van der Waals surface area contributed by atoms with Gasteiger partial charge in [0.1, 0.15) is 0 Å². The van der Waals surface area contributed by atoms with Gasteiger partial charge in [-0.3, -0.25) is 9.78 Å². The van der Waals surface area contributed by atoms with E-state index in [1.807, 2.05) is 0 Å². The number of benzene rings is 1. The average molecular weight is 331 g/mol. The minimum Gasteiger partial charge on any atom is -0.325 e. The zero-order valence-corrected chi connectivity index (χ0v) is 12.4. The fourth-order valence-electron chi connectivity index (χ4n) is 1.54. The lowest BCUT2D eigenvalue weighted by Gasteiger charge is -2.09. The maximum Gasteiger partial charge on any atom is 0.255 e. The van der Waals surface area contributed by atoms with Crippen LogP contribution < -0.4 is 11.1 Å². The molecule has 0 fully saturated rings. The summed E-state index contributed by atoms with van der Waals surface area (Å²) in [6.07, 6.45) is 1.52. The molecule has 0 radical (unpaired) electrons. The van der Waals surface area contributed by atoms with Crippen molar-refractivity contribution in [3.05, 3.63) is 56.8 Å². The summed E-state index contributed by atoms with van der Waals surface area (Å²) >= 11 is 17.7. The summed E-state index contributed by atoms with van der Waals surface area (Å²) in [6, 6.07) is 6.16. The smallest absolute Gasteiger partial charge is 0.255 e. The molecule has 0 atom stereocenters.